The Balaban J connectivity index is 1.71. The lowest BCUT2D eigenvalue weighted by Crippen LogP contribution is -2.36. The molecule has 0 bridgehead atoms. The number of nitrogens with one attached hydrogen (secondary N) is 1. The van der Waals surface area contributed by atoms with Crippen LogP contribution in [0.1, 0.15) is 25.5 Å². The molecule has 3 heterocycles. The summed E-state index contributed by atoms with van der Waals surface area (Å²) in [5.74, 6) is 2.57. The van der Waals surface area contributed by atoms with E-state index >= 15 is 0 Å². The molecule has 1 aliphatic heterocycles. The molecular weight excluding hydrogens is 366 g/mol. The van der Waals surface area contributed by atoms with Crippen LogP contribution in [0.5, 0.6) is 0 Å². The number of methoxy groups -OCH3 is 1. The van der Waals surface area contributed by atoms with E-state index in [1.165, 1.54) is 18.2 Å². The van der Waals surface area contributed by atoms with E-state index in [9.17, 15) is 4.79 Å². The van der Waals surface area contributed by atoms with Crippen molar-refractivity contribution in [1.29, 1.82) is 0 Å². The standard InChI is InChI=1S/C18H27N5O3S/c1-14-5-3-8-22(11-14)17-20-21-18(23(17)12-15-6-4-9-26-15)27-13-16(24)19-7-10-25-2/h4,6,9,14H,3,5,7-8,10-13H2,1-2H3,(H,19,24)/t14-/m1/s1. The Morgan fingerprint density at radius 1 is 1.48 bits per heavy atom. The van der Waals surface area contributed by atoms with Crippen LogP contribution in [-0.2, 0) is 16.1 Å². The fourth-order valence-corrected chi connectivity index (χ4v) is 3.93. The number of anilines is 1. The maximum Gasteiger partial charge on any atom is 0.230 e. The summed E-state index contributed by atoms with van der Waals surface area (Å²) < 4.78 is 12.5. The molecule has 148 valence electrons. The predicted octanol–water partition coefficient (Wildman–Crippen LogP) is 2.01. The Morgan fingerprint density at radius 2 is 2.37 bits per heavy atom. The lowest BCUT2D eigenvalue weighted by Gasteiger charge is -2.31. The molecule has 1 saturated heterocycles. The quantitative estimate of drug-likeness (QED) is 0.515. The zero-order valence-electron chi connectivity index (χ0n) is 15.9. The highest BCUT2D eigenvalue weighted by Gasteiger charge is 2.24. The van der Waals surface area contributed by atoms with Gasteiger partial charge in [-0.25, -0.2) is 0 Å². The van der Waals surface area contributed by atoms with Gasteiger partial charge in [0.05, 0.1) is 25.2 Å². The molecule has 3 rings (SSSR count). The number of hydrogen-bond acceptors (Lipinski definition) is 7. The molecule has 1 amide bonds. The van der Waals surface area contributed by atoms with Crippen LogP contribution in [0.25, 0.3) is 0 Å². The van der Waals surface area contributed by atoms with Crippen molar-refractivity contribution in [2.75, 3.05) is 44.0 Å². The van der Waals surface area contributed by atoms with Crippen LogP contribution in [0, 0.1) is 5.92 Å². The molecule has 1 fully saturated rings. The van der Waals surface area contributed by atoms with Gasteiger partial charge >= 0.3 is 0 Å². The van der Waals surface area contributed by atoms with Crippen molar-refractivity contribution in [2.24, 2.45) is 5.92 Å². The summed E-state index contributed by atoms with van der Waals surface area (Å²) >= 11 is 1.39. The Morgan fingerprint density at radius 3 is 3.11 bits per heavy atom. The first kappa shape index (κ1) is 19.8. The fourth-order valence-electron chi connectivity index (χ4n) is 3.16. The van der Waals surface area contributed by atoms with Crippen molar-refractivity contribution in [2.45, 2.75) is 31.5 Å². The highest BCUT2D eigenvalue weighted by atomic mass is 32.2. The van der Waals surface area contributed by atoms with Gasteiger partial charge in [0.1, 0.15) is 5.76 Å². The third-order valence-electron chi connectivity index (χ3n) is 4.49. The highest BCUT2D eigenvalue weighted by Crippen LogP contribution is 2.27. The first-order valence-corrected chi connectivity index (χ1v) is 10.2. The van der Waals surface area contributed by atoms with Crippen molar-refractivity contribution in [1.82, 2.24) is 20.1 Å². The second-order valence-electron chi connectivity index (χ2n) is 6.77. The van der Waals surface area contributed by atoms with Gasteiger partial charge in [-0.1, -0.05) is 18.7 Å². The SMILES string of the molecule is COCCNC(=O)CSc1nnc(N2CCC[C@@H](C)C2)n1Cc1ccco1. The number of aromatic nitrogens is 3. The molecule has 2 aromatic rings. The number of hydrogen-bond donors (Lipinski definition) is 1. The van der Waals surface area contributed by atoms with Gasteiger partial charge in [0, 0.05) is 26.7 Å². The summed E-state index contributed by atoms with van der Waals surface area (Å²) in [6.07, 6.45) is 4.06. The van der Waals surface area contributed by atoms with Crippen molar-refractivity contribution in [3.05, 3.63) is 24.2 Å². The minimum absolute atomic E-state index is 0.0438. The van der Waals surface area contributed by atoms with E-state index < -0.39 is 0 Å². The summed E-state index contributed by atoms with van der Waals surface area (Å²) in [5.41, 5.74) is 0. The van der Waals surface area contributed by atoms with E-state index in [1.807, 2.05) is 16.7 Å². The normalized spacial score (nSPS) is 17.3. The number of carbonyl (C=O) groups is 1. The van der Waals surface area contributed by atoms with Gasteiger partial charge in [0.25, 0.3) is 0 Å². The first-order valence-electron chi connectivity index (χ1n) is 9.26. The Bertz CT molecular complexity index is 719. The van der Waals surface area contributed by atoms with Crippen LogP contribution in [0.4, 0.5) is 5.95 Å². The molecule has 1 aliphatic rings. The summed E-state index contributed by atoms with van der Waals surface area (Å²) in [6.45, 7) is 5.77. The number of thioether (sulfide) groups is 1. The van der Waals surface area contributed by atoms with Gasteiger partial charge < -0.3 is 19.4 Å². The first-order chi connectivity index (χ1) is 13.2. The number of carbonyl (C=O) groups excluding carboxylic acids is 1. The summed E-state index contributed by atoms with van der Waals surface area (Å²) in [7, 11) is 1.61. The molecule has 0 aliphatic carbocycles. The predicted molar refractivity (Wildman–Crippen MR) is 104 cm³/mol. The van der Waals surface area contributed by atoms with Crippen LogP contribution in [-0.4, -0.2) is 59.8 Å². The Kier molecular flexibility index (Phi) is 7.17. The number of nitrogens with zero attached hydrogens (tertiary/aromatic N) is 4. The minimum Gasteiger partial charge on any atom is -0.467 e. The van der Waals surface area contributed by atoms with E-state index in [0.717, 1.165) is 36.4 Å². The Labute approximate surface area is 163 Å². The molecular formula is C18H27N5O3S. The van der Waals surface area contributed by atoms with Crippen LogP contribution in [0.15, 0.2) is 28.0 Å². The number of ether oxygens (including phenoxy) is 1. The molecule has 0 saturated carbocycles. The third-order valence-corrected chi connectivity index (χ3v) is 5.46. The van der Waals surface area contributed by atoms with Gasteiger partial charge in [-0.05, 0) is 30.9 Å². The minimum atomic E-state index is -0.0438. The smallest absolute Gasteiger partial charge is 0.230 e. The average molecular weight is 394 g/mol. The maximum atomic E-state index is 12.0. The van der Waals surface area contributed by atoms with E-state index in [4.69, 9.17) is 9.15 Å². The monoisotopic (exact) mass is 393 g/mol. The zero-order chi connectivity index (χ0) is 19.1. The third kappa shape index (κ3) is 5.49. The van der Waals surface area contributed by atoms with Crippen LogP contribution in [0.3, 0.4) is 0 Å². The van der Waals surface area contributed by atoms with E-state index in [-0.39, 0.29) is 11.7 Å². The van der Waals surface area contributed by atoms with Crippen molar-refractivity contribution in [3.8, 4) is 0 Å². The molecule has 9 heteroatoms. The highest BCUT2D eigenvalue weighted by molar-refractivity contribution is 7.99. The van der Waals surface area contributed by atoms with Crippen molar-refractivity contribution in [3.63, 3.8) is 0 Å². The topological polar surface area (TPSA) is 85.4 Å². The zero-order valence-corrected chi connectivity index (χ0v) is 16.7. The second-order valence-corrected chi connectivity index (χ2v) is 7.72. The van der Waals surface area contributed by atoms with Crippen molar-refractivity contribution >= 4 is 23.6 Å². The van der Waals surface area contributed by atoms with Gasteiger partial charge in [-0.2, -0.15) is 0 Å². The maximum absolute atomic E-state index is 12.0. The van der Waals surface area contributed by atoms with Crippen LogP contribution >= 0.6 is 11.8 Å². The molecule has 0 spiro atoms. The molecule has 0 unspecified atom stereocenters. The molecule has 2 aromatic heterocycles. The van der Waals surface area contributed by atoms with Gasteiger partial charge in [-0.3, -0.25) is 9.36 Å². The number of amides is 1. The number of piperidine rings is 1. The fraction of sp³-hybridized carbons (Fsp3) is 0.611. The second kappa shape index (κ2) is 9.80. The molecule has 1 N–H and O–H groups in total. The van der Waals surface area contributed by atoms with Gasteiger partial charge in [-0.15, -0.1) is 10.2 Å². The Hall–Kier alpha value is -2.00. The van der Waals surface area contributed by atoms with E-state index in [0.29, 0.717) is 25.6 Å². The molecule has 0 aromatic carbocycles. The summed E-state index contributed by atoms with van der Waals surface area (Å²) in [5, 5.41) is 12.3. The summed E-state index contributed by atoms with van der Waals surface area (Å²) in [4.78, 5) is 14.3. The number of rotatable bonds is 9. The number of furan rings is 1. The van der Waals surface area contributed by atoms with Crippen LogP contribution in [0.2, 0.25) is 0 Å². The lowest BCUT2D eigenvalue weighted by molar-refractivity contribution is -0.118. The van der Waals surface area contributed by atoms with Gasteiger partial charge in [0.2, 0.25) is 11.9 Å². The summed E-state index contributed by atoms with van der Waals surface area (Å²) in [6, 6.07) is 3.81. The van der Waals surface area contributed by atoms with E-state index in [2.05, 4.69) is 27.3 Å². The lowest BCUT2D eigenvalue weighted by atomic mass is 10.0. The largest absolute Gasteiger partial charge is 0.467 e. The van der Waals surface area contributed by atoms with Crippen molar-refractivity contribution < 1.29 is 13.9 Å². The van der Waals surface area contributed by atoms with E-state index in [1.54, 1.807) is 13.4 Å². The molecule has 8 nitrogen and oxygen atoms in total. The molecule has 0 radical (unpaired) electrons. The average Bonchev–Trinajstić information content (AvgIpc) is 3.31. The van der Waals surface area contributed by atoms with Crippen LogP contribution < -0.4 is 10.2 Å². The van der Waals surface area contributed by atoms with Gasteiger partial charge in [0.15, 0.2) is 5.16 Å². The molecule has 27 heavy (non-hydrogen) atoms. The molecule has 1 atom stereocenters.